The first-order valence-corrected chi connectivity index (χ1v) is 8.47. The number of fused-ring (bicyclic) bond motifs is 1. The first-order valence-electron chi connectivity index (χ1n) is 8.47. The molecule has 4 nitrogen and oxygen atoms in total. The summed E-state index contributed by atoms with van der Waals surface area (Å²) in [5.41, 5.74) is 4.64. The Labute approximate surface area is 142 Å². The van der Waals surface area contributed by atoms with E-state index in [0.29, 0.717) is 6.04 Å². The molecule has 0 spiro atoms. The van der Waals surface area contributed by atoms with Crippen molar-refractivity contribution in [3.63, 3.8) is 0 Å². The SMILES string of the molecule is CC(Cc1cccnc1)N1CCc2onc(-c3ccccc3)c2C1. The molecule has 0 fully saturated rings. The predicted molar refractivity (Wildman–Crippen MR) is 93.5 cm³/mol. The van der Waals surface area contributed by atoms with E-state index >= 15 is 0 Å². The number of pyridine rings is 1. The Hall–Kier alpha value is -2.46. The molecule has 0 aliphatic carbocycles. The number of nitrogens with zero attached hydrogens (tertiary/aromatic N) is 3. The fourth-order valence-electron chi connectivity index (χ4n) is 3.42. The molecule has 2 aromatic heterocycles. The molecule has 1 aliphatic rings. The van der Waals surface area contributed by atoms with Crippen molar-refractivity contribution in [2.75, 3.05) is 6.54 Å². The minimum absolute atomic E-state index is 0.459. The second-order valence-corrected chi connectivity index (χ2v) is 6.43. The van der Waals surface area contributed by atoms with Crippen molar-refractivity contribution >= 4 is 0 Å². The summed E-state index contributed by atoms with van der Waals surface area (Å²) < 4.78 is 5.60. The van der Waals surface area contributed by atoms with Gasteiger partial charge in [0.25, 0.3) is 0 Å². The van der Waals surface area contributed by atoms with Crippen molar-refractivity contribution in [1.82, 2.24) is 15.0 Å². The zero-order valence-corrected chi connectivity index (χ0v) is 13.9. The van der Waals surface area contributed by atoms with E-state index in [1.807, 2.05) is 36.7 Å². The smallest absolute Gasteiger partial charge is 0.143 e. The Balaban J connectivity index is 1.54. The molecule has 3 aromatic rings. The van der Waals surface area contributed by atoms with Crippen molar-refractivity contribution < 1.29 is 4.52 Å². The molecule has 1 atom stereocenters. The molecule has 1 aliphatic heterocycles. The van der Waals surface area contributed by atoms with Crippen molar-refractivity contribution in [2.45, 2.75) is 32.4 Å². The minimum atomic E-state index is 0.459. The molecule has 4 rings (SSSR count). The number of hydrogen-bond donors (Lipinski definition) is 0. The molecule has 122 valence electrons. The van der Waals surface area contributed by atoms with Gasteiger partial charge < -0.3 is 4.52 Å². The second-order valence-electron chi connectivity index (χ2n) is 6.43. The van der Waals surface area contributed by atoms with Crippen LogP contribution in [0.4, 0.5) is 0 Å². The largest absolute Gasteiger partial charge is 0.360 e. The number of rotatable bonds is 4. The van der Waals surface area contributed by atoms with Crippen LogP contribution in [0.5, 0.6) is 0 Å². The van der Waals surface area contributed by atoms with Crippen LogP contribution in [0.2, 0.25) is 0 Å². The highest BCUT2D eigenvalue weighted by atomic mass is 16.5. The fraction of sp³-hybridized carbons (Fsp3) is 0.300. The summed E-state index contributed by atoms with van der Waals surface area (Å²) in [4.78, 5) is 6.73. The van der Waals surface area contributed by atoms with Crippen LogP contribution in [-0.4, -0.2) is 27.6 Å². The van der Waals surface area contributed by atoms with Gasteiger partial charge in [0.15, 0.2) is 0 Å². The highest BCUT2D eigenvalue weighted by Gasteiger charge is 2.27. The van der Waals surface area contributed by atoms with Crippen molar-refractivity contribution in [3.8, 4) is 11.3 Å². The molecule has 1 aromatic carbocycles. The topological polar surface area (TPSA) is 42.2 Å². The average Bonchev–Trinajstić information content (AvgIpc) is 3.06. The summed E-state index contributed by atoms with van der Waals surface area (Å²) in [6.07, 6.45) is 5.72. The predicted octanol–water partition coefficient (Wildman–Crippen LogP) is 3.73. The van der Waals surface area contributed by atoms with Crippen molar-refractivity contribution in [1.29, 1.82) is 0 Å². The van der Waals surface area contributed by atoms with Gasteiger partial charge in [-0.1, -0.05) is 41.6 Å². The number of hydrogen-bond acceptors (Lipinski definition) is 4. The van der Waals surface area contributed by atoms with Gasteiger partial charge in [-0.2, -0.15) is 0 Å². The Morgan fingerprint density at radius 2 is 2.04 bits per heavy atom. The van der Waals surface area contributed by atoms with Gasteiger partial charge in [-0.15, -0.1) is 0 Å². The number of aromatic nitrogens is 2. The third-order valence-electron chi connectivity index (χ3n) is 4.78. The highest BCUT2D eigenvalue weighted by Crippen LogP contribution is 2.30. The minimum Gasteiger partial charge on any atom is -0.360 e. The molecule has 4 heteroatoms. The van der Waals surface area contributed by atoms with Crippen molar-refractivity contribution in [3.05, 3.63) is 71.7 Å². The van der Waals surface area contributed by atoms with Crippen LogP contribution in [0.25, 0.3) is 11.3 Å². The normalized spacial score (nSPS) is 15.9. The zero-order valence-electron chi connectivity index (χ0n) is 13.9. The quantitative estimate of drug-likeness (QED) is 0.735. The Morgan fingerprint density at radius 3 is 2.83 bits per heavy atom. The van der Waals surface area contributed by atoms with E-state index < -0.39 is 0 Å². The van der Waals surface area contributed by atoms with Gasteiger partial charge in [-0.05, 0) is 25.0 Å². The first-order chi connectivity index (χ1) is 11.8. The Kier molecular flexibility index (Phi) is 4.13. The fourth-order valence-corrected chi connectivity index (χ4v) is 3.42. The maximum Gasteiger partial charge on any atom is 0.143 e. The lowest BCUT2D eigenvalue weighted by Crippen LogP contribution is -2.38. The van der Waals surface area contributed by atoms with Crippen LogP contribution in [0.1, 0.15) is 23.8 Å². The van der Waals surface area contributed by atoms with E-state index in [-0.39, 0.29) is 0 Å². The Bertz CT molecular complexity index is 798. The molecule has 0 bridgehead atoms. The van der Waals surface area contributed by atoms with Crippen LogP contribution < -0.4 is 0 Å². The Morgan fingerprint density at radius 1 is 1.17 bits per heavy atom. The second kappa shape index (κ2) is 6.57. The molecular formula is C20H21N3O. The van der Waals surface area contributed by atoms with E-state index in [1.165, 1.54) is 11.1 Å². The van der Waals surface area contributed by atoms with Crippen LogP contribution in [0.15, 0.2) is 59.4 Å². The van der Waals surface area contributed by atoms with Crippen LogP contribution in [-0.2, 0) is 19.4 Å². The van der Waals surface area contributed by atoms with E-state index in [4.69, 9.17) is 4.52 Å². The van der Waals surface area contributed by atoms with Gasteiger partial charge >= 0.3 is 0 Å². The lowest BCUT2D eigenvalue weighted by molar-refractivity contribution is 0.179. The zero-order chi connectivity index (χ0) is 16.4. The molecule has 24 heavy (non-hydrogen) atoms. The molecule has 0 saturated heterocycles. The standard InChI is InChI=1S/C20H21N3O/c1-15(12-16-6-5-10-21-13-16)23-11-9-19-18(14-23)20(22-24-19)17-7-3-2-4-8-17/h2-8,10,13,15H,9,11-12,14H2,1H3. The summed E-state index contributed by atoms with van der Waals surface area (Å²) >= 11 is 0. The lowest BCUT2D eigenvalue weighted by Gasteiger charge is -2.32. The van der Waals surface area contributed by atoms with E-state index in [1.54, 1.807) is 0 Å². The molecule has 0 radical (unpaired) electrons. The monoisotopic (exact) mass is 319 g/mol. The van der Waals surface area contributed by atoms with Gasteiger partial charge in [0.2, 0.25) is 0 Å². The van der Waals surface area contributed by atoms with Gasteiger partial charge in [-0.25, -0.2) is 0 Å². The summed E-state index contributed by atoms with van der Waals surface area (Å²) in [5.74, 6) is 1.04. The van der Waals surface area contributed by atoms with Gasteiger partial charge in [-0.3, -0.25) is 9.88 Å². The van der Waals surface area contributed by atoms with Crippen LogP contribution in [0, 0.1) is 0 Å². The first kappa shape index (κ1) is 15.1. The van der Waals surface area contributed by atoms with Gasteiger partial charge in [0.1, 0.15) is 11.5 Å². The molecule has 0 amide bonds. The van der Waals surface area contributed by atoms with Gasteiger partial charge in [0, 0.05) is 49.1 Å². The summed E-state index contributed by atoms with van der Waals surface area (Å²) in [6, 6.07) is 14.9. The van der Waals surface area contributed by atoms with Crippen LogP contribution >= 0.6 is 0 Å². The van der Waals surface area contributed by atoms with E-state index in [0.717, 1.165) is 42.9 Å². The molecule has 3 heterocycles. The average molecular weight is 319 g/mol. The highest BCUT2D eigenvalue weighted by molar-refractivity contribution is 5.63. The lowest BCUT2D eigenvalue weighted by atomic mass is 9.99. The summed E-state index contributed by atoms with van der Waals surface area (Å²) in [5, 5.41) is 4.33. The number of benzene rings is 1. The molecule has 1 unspecified atom stereocenters. The van der Waals surface area contributed by atoms with Crippen molar-refractivity contribution in [2.24, 2.45) is 0 Å². The van der Waals surface area contributed by atoms with Crippen LogP contribution in [0.3, 0.4) is 0 Å². The molecule has 0 N–H and O–H groups in total. The summed E-state index contributed by atoms with van der Waals surface area (Å²) in [6.45, 7) is 4.19. The maximum atomic E-state index is 5.60. The maximum absolute atomic E-state index is 5.60. The van der Waals surface area contributed by atoms with E-state index in [2.05, 4.69) is 40.2 Å². The molecular weight excluding hydrogens is 298 g/mol. The molecule has 0 saturated carbocycles. The third-order valence-corrected chi connectivity index (χ3v) is 4.78. The van der Waals surface area contributed by atoms with E-state index in [9.17, 15) is 0 Å². The summed E-state index contributed by atoms with van der Waals surface area (Å²) in [7, 11) is 0. The third kappa shape index (κ3) is 2.97. The van der Waals surface area contributed by atoms with Gasteiger partial charge in [0.05, 0.1) is 0 Å².